The van der Waals surface area contributed by atoms with E-state index in [4.69, 9.17) is 4.74 Å². The van der Waals surface area contributed by atoms with Crippen LogP contribution in [0.4, 0.5) is 5.69 Å². The second-order valence-electron chi connectivity index (χ2n) is 6.36. The Kier molecular flexibility index (Phi) is 7.28. The Hall–Kier alpha value is -2.49. The zero-order valence-corrected chi connectivity index (χ0v) is 17.2. The van der Waals surface area contributed by atoms with Gasteiger partial charge in [0.05, 0.1) is 12.6 Å². The highest BCUT2D eigenvalue weighted by atomic mass is 32.2. The molecule has 0 aliphatic rings. The van der Waals surface area contributed by atoms with Gasteiger partial charge in [0.2, 0.25) is 0 Å². The summed E-state index contributed by atoms with van der Waals surface area (Å²) in [5.74, 6) is -0.412. The summed E-state index contributed by atoms with van der Waals surface area (Å²) in [4.78, 5) is 13.6. The molecule has 1 amide bonds. The molecular weight excluding hydrogens is 358 g/mol. The van der Waals surface area contributed by atoms with Gasteiger partial charge in [-0.1, -0.05) is 6.07 Å². The van der Waals surface area contributed by atoms with E-state index in [9.17, 15) is 10.1 Å². The minimum absolute atomic E-state index is 0.0733. The summed E-state index contributed by atoms with van der Waals surface area (Å²) in [6, 6.07) is 11.7. The van der Waals surface area contributed by atoms with Crippen molar-refractivity contribution in [2.45, 2.75) is 31.7 Å². The molecule has 0 aliphatic carbocycles. The summed E-state index contributed by atoms with van der Waals surface area (Å²) >= 11 is 1.60. The third kappa shape index (κ3) is 5.03. The van der Waals surface area contributed by atoms with E-state index >= 15 is 0 Å². The van der Waals surface area contributed by atoms with Crippen molar-refractivity contribution in [3.8, 4) is 6.07 Å². The molecule has 1 heterocycles. The van der Waals surface area contributed by atoms with Crippen molar-refractivity contribution in [1.29, 1.82) is 5.26 Å². The molecular formula is C21H25N3O2S. The SMILES string of the molecule is COCC(C)n1c(C)cc(/C=C(/C#N)C(=O)Nc2cccc(SC)c2)c1C. The third-order valence-corrected chi connectivity index (χ3v) is 5.09. The van der Waals surface area contributed by atoms with Gasteiger partial charge in [0.25, 0.3) is 5.91 Å². The number of amides is 1. The minimum atomic E-state index is -0.412. The molecule has 27 heavy (non-hydrogen) atoms. The van der Waals surface area contributed by atoms with Gasteiger partial charge >= 0.3 is 0 Å². The lowest BCUT2D eigenvalue weighted by atomic mass is 10.1. The maximum atomic E-state index is 12.6. The number of carbonyl (C=O) groups is 1. The average Bonchev–Trinajstić information content (AvgIpc) is 2.93. The molecule has 0 spiro atoms. The molecule has 0 radical (unpaired) electrons. The Balaban J connectivity index is 2.29. The molecule has 0 fully saturated rings. The van der Waals surface area contributed by atoms with Crippen LogP contribution in [-0.2, 0) is 9.53 Å². The standard InChI is InChI=1S/C21H25N3O2S/c1-14-9-17(16(3)24(14)15(2)13-26-4)10-18(12-22)21(25)23-19-7-6-8-20(11-19)27-5/h6-11,15H,13H2,1-5H3,(H,23,25)/b18-10-. The van der Waals surface area contributed by atoms with Crippen molar-refractivity contribution in [3.05, 3.63) is 52.9 Å². The van der Waals surface area contributed by atoms with E-state index < -0.39 is 5.91 Å². The predicted molar refractivity (Wildman–Crippen MR) is 111 cm³/mol. The molecule has 6 heteroatoms. The van der Waals surface area contributed by atoms with Crippen LogP contribution in [0.5, 0.6) is 0 Å². The highest BCUT2D eigenvalue weighted by Crippen LogP contribution is 2.24. The number of ether oxygens (including phenoxy) is 1. The van der Waals surface area contributed by atoms with Gasteiger partial charge in [-0.3, -0.25) is 4.79 Å². The third-order valence-electron chi connectivity index (χ3n) is 4.36. The van der Waals surface area contributed by atoms with Crippen molar-refractivity contribution < 1.29 is 9.53 Å². The van der Waals surface area contributed by atoms with Crippen LogP contribution in [-0.4, -0.2) is 30.4 Å². The molecule has 0 saturated carbocycles. The first-order valence-electron chi connectivity index (χ1n) is 8.65. The second kappa shape index (κ2) is 9.45. The average molecular weight is 384 g/mol. The van der Waals surface area contributed by atoms with E-state index in [2.05, 4.69) is 16.8 Å². The minimum Gasteiger partial charge on any atom is -0.383 e. The van der Waals surface area contributed by atoms with E-state index in [0.29, 0.717) is 12.3 Å². The molecule has 1 atom stereocenters. The zero-order chi connectivity index (χ0) is 20.0. The van der Waals surface area contributed by atoms with Crippen molar-refractivity contribution in [3.63, 3.8) is 0 Å². The molecule has 1 aromatic carbocycles. The number of methoxy groups -OCH3 is 1. The molecule has 0 aliphatic heterocycles. The van der Waals surface area contributed by atoms with Crippen molar-refractivity contribution in [2.24, 2.45) is 0 Å². The Bertz CT molecular complexity index is 893. The Labute approximate surface area is 165 Å². The van der Waals surface area contributed by atoms with Gasteiger partial charge in [-0.15, -0.1) is 11.8 Å². The molecule has 1 N–H and O–H groups in total. The van der Waals surface area contributed by atoms with Crippen molar-refractivity contribution in [1.82, 2.24) is 4.57 Å². The van der Waals surface area contributed by atoms with Crippen LogP contribution in [0.1, 0.15) is 29.9 Å². The number of anilines is 1. The van der Waals surface area contributed by atoms with E-state index in [1.54, 1.807) is 24.9 Å². The molecule has 0 saturated heterocycles. The van der Waals surface area contributed by atoms with Crippen molar-refractivity contribution >= 4 is 29.4 Å². The summed E-state index contributed by atoms with van der Waals surface area (Å²) in [7, 11) is 1.68. The first kappa shape index (κ1) is 20.8. The molecule has 142 valence electrons. The largest absolute Gasteiger partial charge is 0.383 e. The van der Waals surface area contributed by atoms with Gasteiger partial charge in [0, 0.05) is 29.1 Å². The van der Waals surface area contributed by atoms with Crippen LogP contribution >= 0.6 is 11.8 Å². The number of nitriles is 1. The van der Waals surface area contributed by atoms with Crippen LogP contribution in [0.3, 0.4) is 0 Å². The lowest BCUT2D eigenvalue weighted by Crippen LogP contribution is -2.14. The maximum Gasteiger partial charge on any atom is 0.266 e. The number of nitrogens with zero attached hydrogens (tertiary/aromatic N) is 2. The normalized spacial score (nSPS) is 12.5. The smallest absolute Gasteiger partial charge is 0.266 e. The summed E-state index contributed by atoms with van der Waals surface area (Å²) in [5.41, 5.74) is 3.67. The Morgan fingerprint density at radius 1 is 1.41 bits per heavy atom. The van der Waals surface area contributed by atoms with Gasteiger partial charge < -0.3 is 14.6 Å². The Morgan fingerprint density at radius 2 is 2.15 bits per heavy atom. The fourth-order valence-electron chi connectivity index (χ4n) is 3.15. The molecule has 2 aromatic rings. The number of benzene rings is 1. The summed E-state index contributed by atoms with van der Waals surface area (Å²) in [6.07, 6.45) is 3.62. The molecule has 5 nitrogen and oxygen atoms in total. The predicted octanol–water partition coefficient (Wildman–Crippen LogP) is 4.58. The number of rotatable bonds is 7. The van der Waals surface area contributed by atoms with Crippen LogP contribution in [0, 0.1) is 25.2 Å². The zero-order valence-electron chi connectivity index (χ0n) is 16.4. The van der Waals surface area contributed by atoms with E-state index in [1.807, 2.05) is 56.5 Å². The lowest BCUT2D eigenvalue weighted by Gasteiger charge is -2.17. The first-order chi connectivity index (χ1) is 12.9. The second-order valence-corrected chi connectivity index (χ2v) is 7.24. The summed E-state index contributed by atoms with van der Waals surface area (Å²) in [5, 5.41) is 12.3. The number of hydrogen-bond acceptors (Lipinski definition) is 4. The van der Waals surface area contributed by atoms with Gasteiger partial charge in [0.15, 0.2) is 0 Å². The van der Waals surface area contributed by atoms with Crippen LogP contribution in [0.25, 0.3) is 6.08 Å². The fraction of sp³-hybridized carbons (Fsp3) is 0.333. The van der Waals surface area contributed by atoms with Gasteiger partial charge in [-0.05, 0) is 62.9 Å². The van der Waals surface area contributed by atoms with Crippen molar-refractivity contribution in [2.75, 3.05) is 25.3 Å². The number of hydrogen-bond donors (Lipinski definition) is 1. The van der Waals surface area contributed by atoms with Crippen LogP contribution < -0.4 is 5.32 Å². The monoisotopic (exact) mass is 383 g/mol. The first-order valence-corrected chi connectivity index (χ1v) is 9.88. The summed E-state index contributed by atoms with van der Waals surface area (Å²) < 4.78 is 7.41. The van der Waals surface area contributed by atoms with Gasteiger partial charge in [-0.25, -0.2) is 0 Å². The number of nitrogens with one attached hydrogen (secondary N) is 1. The quantitative estimate of drug-likeness (QED) is 0.432. The highest BCUT2D eigenvalue weighted by Gasteiger charge is 2.16. The molecule has 1 unspecified atom stereocenters. The van der Waals surface area contributed by atoms with Crippen LogP contribution in [0.15, 0.2) is 40.8 Å². The highest BCUT2D eigenvalue weighted by molar-refractivity contribution is 7.98. The van der Waals surface area contributed by atoms with Crippen LogP contribution in [0.2, 0.25) is 0 Å². The lowest BCUT2D eigenvalue weighted by molar-refractivity contribution is -0.112. The summed E-state index contributed by atoms with van der Waals surface area (Å²) in [6.45, 7) is 6.67. The number of thioether (sulfide) groups is 1. The topological polar surface area (TPSA) is 67.0 Å². The van der Waals surface area contributed by atoms with Gasteiger partial charge in [-0.2, -0.15) is 5.26 Å². The molecule has 0 bridgehead atoms. The molecule has 1 aromatic heterocycles. The maximum absolute atomic E-state index is 12.6. The molecule has 2 rings (SSSR count). The van der Waals surface area contributed by atoms with E-state index in [1.165, 1.54) is 0 Å². The number of carbonyl (C=O) groups excluding carboxylic acids is 1. The van der Waals surface area contributed by atoms with Gasteiger partial charge in [0.1, 0.15) is 11.6 Å². The number of aromatic nitrogens is 1. The number of aryl methyl sites for hydroxylation is 1. The fourth-order valence-corrected chi connectivity index (χ4v) is 3.61. The Morgan fingerprint density at radius 3 is 2.78 bits per heavy atom. The van der Waals surface area contributed by atoms with E-state index in [-0.39, 0.29) is 11.6 Å². The van der Waals surface area contributed by atoms with E-state index in [0.717, 1.165) is 21.8 Å².